The smallest absolute Gasteiger partial charge is 0.252 e. The fourth-order valence-corrected chi connectivity index (χ4v) is 5.43. The van der Waals surface area contributed by atoms with Gasteiger partial charge in [-0.05, 0) is 87.4 Å². The number of nitrogens with one attached hydrogen (secondary N) is 1. The molecule has 0 aliphatic carbocycles. The molecule has 1 heterocycles. The Morgan fingerprint density at radius 3 is 2.21 bits per heavy atom. The molecule has 1 unspecified atom stereocenters. The molecule has 2 aromatic rings. The molecule has 5 nitrogen and oxygen atoms in total. The molecule has 3 rings (SSSR count). The van der Waals surface area contributed by atoms with Crippen LogP contribution in [-0.2, 0) is 10.0 Å². The molecule has 0 spiro atoms. The maximum absolute atomic E-state index is 13.0. The topological polar surface area (TPSA) is 66.5 Å². The van der Waals surface area contributed by atoms with Crippen LogP contribution in [0.2, 0.25) is 0 Å². The minimum absolute atomic E-state index is 0.181. The van der Waals surface area contributed by atoms with E-state index in [1.807, 2.05) is 20.8 Å². The number of nitrogens with zero attached hydrogens (tertiary/aromatic N) is 1. The van der Waals surface area contributed by atoms with E-state index in [-0.39, 0.29) is 16.8 Å². The van der Waals surface area contributed by atoms with Gasteiger partial charge in [-0.3, -0.25) is 4.79 Å². The highest BCUT2D eigenvalue weighted by Crippen LogP contribution is 2.25. The molecule has 0 bridgehead atoms. The summed E-state index contributed by atoms with van der Waals surface area (Å²) in [5.74, 6) is -0.258. The van der Waals surface area contributed by atoms with Gasteiger partial charge in [0.05, 0.1) is 10.9 Å². The van der Waals surface area contributed by atoms with Crippen LogP contribution >= 0.6 is 0 Å². The predicted molar refractivity (Wildman–Crippen MR) is 116 cm³/mol. The summed E-state index contributed by atoms with van der Waals surface area (Å²) in [5.41, 5.74) is 5.76. The van der Waals surface area contributed by atoms with Crippen molar-refractivity contribution in [3.63, 3.8) is 0 Å². The van der Waals surface area contributed by atoms with Crippen LogP contribution in [0.1, 0.15) is 64.0 Å². The van der Waals surface area contributed by atoms with E-state index in [0.29, 0.717) is 18.7 Å². The average Bonchev–Trinajstić information content (AvgIpc) is 3.20. The second-order valence-corrected chi connectivity index (χ2v) is 10.0. The van der Waals surface area contributed by atoms with Crippen LogP contribution in [0, 0.1) is 27.7 Å². The van der Waals surface area contributed by atoms with Crippen molar-refractivity contribution < 1.29 is 13.2 Å². The number of benzene rings is 2. The average molecular weight is 415 g/mol. The normalized spacial score (nSPS) is 16.0. The Kier molecular flexibility index (Phi) is 6.15. The molecular weight excluding hydrogens is 384 g/mol. The molecule has 1 aliphatic rings. The second kappa shape index (κ2) is 8.28. The van der Waals surface area contributed by atoms with Gasteiger partial charge in [0.1, 0.15) is 0 Å². The standard InChI is InChI=1S/C23H30N2O3S/c1-15-8-9-20(29(27,28)25-10-6-7-11-25)14-22(15)23(26)24-19(5)21-13-17(3)16(2)12-18(21)4/h8-9,12-14,19H,6-7,10-11H2,1-5H3,(H,24,26). The first-order valence-corrected chi connectivity index (χ1v) is 11.5. The van der Waals surface area contributed by atoms with Crippen molar-refractivity contribution in [2.24, 2.45) is 0 Å². The van der Waals surface area contributed by atoms with Crippen molar-refractivity contribution in [2.45, 2.75) is 58.4 Å². The van der Waals surface area contributed by atoms with Gasteiger partial charge < -0.3 is 5.32 Å². The summed E-state index contributed by atoms with van der Waals surface area (Å²) in [6.45, 7) is 11.0. The number of carbonyl (C=O) groups excluding carboxylic acids is 1. The van der Waals surface area contributed by atoms with Crippen molar-refractivity contribution >= 4 is 15.9 Å². The molecule has 1 atom stereocenters. The lowest BCUT2D eigenvalue weighted by Gasteiger charge is -2.20. The number of aryl methyl sites for hydroxylation is 4. The summed E-state index contributed by atoms with van der Waals surface area (Å²) >= 11 is 0. The Morgan fingerprint density at radius 2 is 1.55 bits per heavy atom. The maximum atomic E-state index is 13.0. The first-order valence-electron chi connectivity index (χ1n) is 10.1. The van der Waals surface area contributed by atoms with Crippen molar-refractivity contribution in [2.75, 3.05) is 13.1 Å². The first kappa shape index (κ1) is 21.5. The summed E-state index contributed by atoms with van der Waals surface area (Å²) in [4.78, 5) is 13.2. The van der Waals surface area contributed by atoms with E-state index < -0.39 is 10.0 Å². The van der Waals surface area contributed by atoms with Gasteiger partial charge in [0.25, 0.3) is 5.91 Å². The van der Waals surface area contributed by atoms with Crippen LogP contribution in [0.4, 0.5) is 0 Å². The van der Waals surface area contributed by atoms with Crippen molar-refractivity contribution in [3.8, 4) is 0 Å². The largest absolute Gasteiger partial charge is 0.345 e. The van der Waals surface area contributed by atoms with Gasteiger partial charge in [-0.25, -0.2) is 8.42 Å². The lowest BCUT2D eigenvalue weighted by Crippen LogP contribution is -2.30. The number of hydrogen-bond donors (Lipinski definition) is 1. The highest BCUT2D eigenvalue weighted by Gasteiger charge is 2.28. The van der Waals surface area contributed by atoms with Gasteiger partial charge in [-0.15, -0.1) is 0 Å². The highest BCUT2D eigenvalue weighted by atomic mass is 32.2. The molecule has 1 N–H and O–H groups in total. The van der Waals surface area contributed by atoms with Gasteiger partial charge in [-0.1, -0.05) is 18.2 Å². The van der Waals surface area contributed by atoms with E-state index >= 15 is 0 Å². The number of hydrogen-bond acceptors (Lipinski definition) is 3. The lowest BCUT2D eigenvalue weighted by atomic mass is 9.96. The van der Waals surface area contributed by atoms with E-state index in [0.717, 1.165) is 29.5 Å². The van der Waals surface area contributed by atoms with Crippen molar-refractivity contribution in [3.05, 3.63) is 63.7 Å². The number of amides is 1. The van der Waals surface area contributed by atoms with Crippen molar-refractivity contribution in [1.82, 2.24) is 9.62 Å². The zero-order chi connectivity index (χ0) is 21.3. The van der Waals surface area contributed by atoms with E-state index in [1.165, 1.54) is 21.5 Å². The molecule has 1 fully saturated rings. The molecule has 0 radical (unpaired) electrons. The van der Waals surface area contributed by atoms with Crippen LogP contribution in [0.5, 0.6) is 0 Å². The monoisotopic (exact) mass is 414 g/mol. The van der Waals surface area contributed by atoms with E-state index in [2.05, 4.69) is 31.3 Å². The number of rotatable bonds is 5. The predicted octanol–water partition coefficient (Wildman–Crippen LogP) is 4.20. The highest BCUT2D eigenvalue weighted by molar-refractivity contribution is 7.89. The molecule has 156 valence electrons. The molecule has 1 saturated heterocycles. The van der Waals surface area contributed by atoms with E-state index in [4.69, 9.17) is 0 Å². The summed E-state index contributed by atoms with van der Waals surface area (Å²) in [7, 11) is -3.56. The maximum Gasteiger partial charge on any atom is 0.252 e. The molecule has 1 amide bonds. The van der Waals surface area contributed by atoms with Crippen LogP contribution in [0.25, 0.3) is 0 Å². The van der Waals surface area contributed by atoms with Gasteiger partial charge in [0, 0.05) is 18.7 Å². The van der Waals surface area contributed by atoms with Gasteiger partial charge >= 0.3 is 0 Å². The SMILES string of the molecule is Cc1cc(C)c(C(C)NC(=O)c2cc(S(=O)(=O)N3CCCC3)ccc2C)cc1C. The quantitative estimate of drug-likeness (QED) is 0.797. The fraction of sp³-hybridized carbons (Fsp3) is 0.435. The molecule has 2 aromatic carbocycles. The summed E-state index contributed by atoms with van der Waals surface area (Å²) in [6, 6.07) is 8.87. The molecular formula is C23H30N2O3S. The van der Waals surface area contributed by atoms with Crippen LogP contribution in [0.3, 0.4) is 0 Å². The zero-order valence-electron chi connectivity index (χ0n) is 17.9. The zero-order valence-corrected chi connectivity index (χ0v) is 18.7. The number of carbonyl (C=O) groups is 1. The van der Waals surface area contributed by atoms with Crippen LogP contribution in [-0.4, -0.2) is 31.7 Å². The Bertz CT molecular complexity index is 1040. The molecule has 29 heavy (non-hydrogen) atoms. The minimum atomic E-state index is -3.56. The number of sulfonamides is 1. The van der Waals surface area contributed by atoms with Gasteiger partial charge in [-0.2, -0.15) is 4.31 Å². The van der Waals surface area contributed by atoms with Gasteiger partial charge in [0.2, 0.25) is 10.0 Å². The lowest BCUT2D eigenvalue weighted by molar-refractivity contribution is 0.0939. The third-order valence-corrected chi connectivity index (χ3v) is 7.75. The minimum Gasteiger partial charge on any atom is -0.345 e. The summed E-state index contributed by atoms with van der Waals surface area (Å²) in [6.07, 6.45) is 1.76. The Hall–Kier alpha value is -2.18. The first-order chi connectivity index (χ1) is 13.6. The van der Waals surface area contributed by atoms with Gasteiger partial charge in [0.15, 0.2) is 0 Å². The Labute approximate surface area is 174 Å². The van der Waals surface area contributed by atoms with E-state index in [1.54, 1.807) is 12.1 Å². The fourth-order valence-electron chi connectivity index (χ4n) is 3.89. The Morgan fingerprint density at radius 1 is 0.931 bits per heavy atom. The third-order valence-electron chi connectivity index (χ3n) is 5.85. The van der Waals surface area contributed by atoms with Crippen LogP contribution < -0.4 is 5.32 Å². The summed E-state index contributed by atoms with van der Waals surface area (Å²) < 4.78 is 27.2. The molecule has 1 aliphatic heterocycles. The van der Waals surface area contributed by atoms with Crippen molar-refractivity contribution in [1.29, 1.82) is 0 Å². The summed E-state index contributed by atoms with van der Waals surface area (Å²) in [5, 5.41) is 3.04. The Balaban J connectivity index is 1.87. The van der Waals surface area contributed by atoms with Crippen LogP contribution in [0.15, 0.2) is 35.2 Å². The molecule has 0 aromatic heterocycles. The second-order valence-electron chi connectivity index (χ2n) is 8.08. The van der Waals surface area contributed by atoms with E-state index in [9.17, 15) is 13.2 Å². The molecule has 0 saturated carbocycles. The molecule has 6 heteroatoms. The third kappa shape index (κ3) is 4.38.